The molecule has 5 nitrogen and oxygen atoms in total. The fourth-order valence-electron chi connectivity index (χ4n) is 9.53. The third-order valence-electron chi connectivity index (χ3n) is 12.1. The Balaban J connectivity index is 0.979. The van der Waals surface area contributed by atoms with Gasteiger partial charge in [0.15, 0.2) is 0 Å². The van der Waals surface area contributed by atoms with Crippen molar-refractivity contribution in [2.45, 2.75) is 0 Å². The predicted octanol–water partition coefficient (Wildman–Crippen LogP) is 13.9. The standard InChI is InChI=1S/C53H32N4O/c1-2-11-35(12-3-1)55-45-16-7-4-13-38(45)40-24-20-34(30-50(40)55)33-21-25-48-42(29-33)39-14-5-8-17-46(39)56(48)36-22-26-51-43(31-36)44-32-37(23-27-52(44)58-51)57-47-18-9-6-15-41(47)53-49(57)19-10-28-54-53/h1-32H. The van der Waals surface area contributed by atoms with Crippen LogP contribution in [0.4, 0.5) is 0 Å². The molecule has 0 saturated carbocycles. The molecule has 8 aromatic carbocycles. The second kappa shape index (κ2) is 11.8. The van der Waals surface area contributed by atoms with Gasteiger partial charge in [-0.3, -0.25) is 4.98 Å². The van der Waals surface area contributed by atoms with Gasteiger partial charge in [0.25, 0.3) is 0 Å². The third-order valence-corrected chi connectivity index (χ3v) is 12.1. The summed E-state index contributed by atoms with van der Waals surface area (Å²) in [7, 11) is 0. The number of hydrogen-bond acceptors (Lipinski definition) is 2. The molecule has 5 aromatic heterocycles. The van der Waals surface area contributed by atoms with E-state index in [2.05, 4.69) is 196 Å². The van der Waals surface area contributed by atoms with Crippen LogP contribution in [0.3, 0.4) is 0 Å². The number of nitrogens with zero attached hydrogens (tertiary/aromatic N) is 4. The maximum atomic E-state index is 6.47. The predicted molar refractivity (Wildman–Crippen MR) is 240 cm³/mol. The molecule has 0 saturated heterocycles. The van der Waals surface area contributed by atoms with Crippen LogP contribution in [-0.4, -0.2) is 18.7 Å². The second-order valence-electron chi connectivity index (χ2n) is 15.2. The maximum Gasteiger partial charge on any atom is 0.135 e. The van der Waals surface area contributed by atoms with Crippen molar-refractivity contribution in [1.82, 2.24) is 18.7 Å². The Labute approximate surface area is 331 Å². The van der Waals surface area contributed by atoms with Gasteiger partial charge in [0, 0.05) is 61.0 Å². The van der Waals surface area contributed by atoms with Crippen LogP contribution < -0.4 is 0 Å². The lowest BCUT2D eigenvalue weighted by Gasteiger charge is -2.10. The Kier molecular flexibility index (Phi) is 6.38. The lowest BCUT2D eigenvalue weighted by molar-refractivity contribution is 0.669. The lowest BCUT2D eigenvalue weighted by atomic mass is 10.0. The zero-order chi connectivity index (χ0) is 37.9. The summed E-state index contributed by atoms with van der Waals surface area (Å²) < 4.78 is 13.6. The van der Waals surface area contributed by atoms with E-state index >= 15 is 0 Å². The minimum absolute atomic E-state index is 0.866. The van der Waals surface area contributed by atoms with Crippen LogP contribution in [0.25, 0.3) is 116 Å². The van der Waals surface area contributed by atoms with Crippen molar-refractivity contribution in [2.24, 2.45) is 0 Å². The first-order chi connectivity index (χ1) is 28.8. The monoisotopic (exact) mass is 740 g/mol. The van der Waals surface area contributed by atoms with Gasteiger partial charge in [-0.25, -0.2) is 0 Å². The summed E-state index contributed by atoms with van der Waals surface area (Å²) in [5, 5.41) is 8.25. The van der Waals surface area contributed by atoms with Crippen molar-refractivity contribution in [3.05, 3.63) is 194 Å². The number of pyridine rings is 1. The molecule has 0 bridgehead atoms. The molecule has 13 rings (SSSR count). The minimum Gasteiger partial charge on any atom is -0.456 e. The van der Waals surface area contributed by atoms with E-state index in [0.29, 0.717) is 0 Å². The highest BCUT2D eigenvalue weighted by Gasteiger charge is 2.19. The van der Waals surface area contributed by atoms with Crippen LogP contribution in [0.15, 0.2) is 199 Å². The van der Waals surface area contributed by atoms with Crippen molar-refractivity contribution in [2.75, 3.05) is 0 Å². The summed E-state index contributed by atoms with van der Waals surface area (Å²) >= 11 is 0. The number of aromatic nitrogens is 4. The molecular weight excluding hydrogens is 709 g/mol. The van der Waals surface area contributed by atoms with Gasteiger partial charge in [-0.1, -0.05) is 91.0 Å². The molecule has 0 spiro atoms. The van der Waals surface area contributed by atoms with E-state index in [-0.39, 0.29) is 0 Å². The highest BCUT2D eigenvalue weighted by Crippen LogP contribution is 2.40. The van der Waals surface area contributed by atoms with E-state index in [9.17, 15) is 0 Å². The largest absolute Gasteiger partial charge is 0.456 e. The second-order valence-corrected chi connectivity index (χ2v) is 15.2. The molecule has 0 atom stereocenters. The highest BCUT2D eigenvalue weighted by atomic mass is 16.3. The number of benzene rings is 8. The van der Waals surface area contributed by atoms with Crippen molar-refractivity contribution in [3.8, 4) is 28.2 Å². The van der Waals surface area contributed by atoms with Crippen molar-refractivity contribution in [1.29, 1.82) is 0 Å². The van der Waals surface area contributed by atoms with Crippen LogP contribution in [0, 0.1) is 0 Å². The average Bonchev–Trinajstić information content (AvgIpc) is 4.02. The number of fused-ring (bicyclic) bond motifs is 12. The van der Waals surface area contributed by atoms with E-state index in [1.807, 2.05) is 12.3 Å². The van der Waals surface area contributed by atoms with Crippen LogP contribution in [0.2, 0.25) is 0 Å². The minimum atomic E-state index is 0.866. The summed E-state index contributed by atoms with van der Waals surface area (Å²) in [6, 6.07) is 67.7. The molecule has 0 aliphatic rings. The van der Waals surface area contributed by atoms with E-state index in [0.717, 1.165) is 66.5 Å². The first-order valence-corrected chi connectivity index (χ1v) is 19.7. The SMILES string of the molecule is c1ccc(-n2c3ccccc3c3ccc(-c4ccc5c(c4)c4ccccc4n5-c4ccc5oc6ccc(-n7c8ccccc8c8ncccc87)cc6c5c4)cc32)cc1. The molecule has 270 valence electrons. The van der Waals surface area contributed by atoms with Gasteiger partial charge in [-0.05, 0) is 108 Å². The van der Waals surface area contributed by atoms with Crippen molar-refractivity contribution < 1.29 is 4.42 Å². The van der Waals surface area contributed by atoms with Crippen LogP contribution in [-0.2, 0) is 0 Å². The molecule has 0 unspecified atom stereocenters. The van der Waals surface area contributed by atoms with Gasteiger partial charge in [0.05, 0.1) is 38.6 Å². The molecule has 13 aromatic rings. The molecule has 0 N–H and O–H groups in total. The normalized spacial score (nSPS) is 12.1. The molecule has 0 aliphatic heterocycles. The molecular formula is C53H32N4O. The average molecular weight is 741 g/mol. The van der Waals surface area contributed by atoms with E-state index < -0.39 is 0 Å². The topological polar surface area (TPSA) is 40.8 Å². The van der Waals surface area contributed by atoms with E-state index in [1.54, 1.807) is 0 Å². The van der Waals surface area contributed by atoms with Crippen LogP contribution >= 0.6 is 0 Å². The van der Waals surface area contributed by atoms with Crippen LogP contribution in [0.1, 0.15) is 0 Å². The zero-order valence-corrected chi connectivity index (χ0v) is 31.2. The van der Waals surface area contributed by atoms with E-state index in [4.69, 9.17) is 9.40 Å². The first-order valence-electron chi connectivity index (χ1n) is 19.7. The summed E-state index contributed by atoms with van der Waals surface area (Å²) in [5.41, 5.74) is 15.4. The Morgan fingerprint density at radius 2 is 0.828 bits per heavy atom. The zero-order valence-electron chi connectivity index (χ0n) is 31.2. The van der Waals surface area contributed by atoms with Gasteiger partial charge >= 0.3 is 0 Å². The lowest BCUT2D eigenvalue weighted by Crippen LogP contribution is -1.94. The summed E-state index contributed by atoms with van der Waals surface area (Å²) in [6.45, 7) is 0. The summed E-state index contributed by atoms with van der Waals surface area (Å²) in [4.78, 5) is 4.76. The molecule has 0 radical (unpaired) electrons. The molecule has 0 fully saturated rings. The number of rotatable bonds is 4. The number of furan rings is 1. The van der Waals surface area contributed by atoms with Crippen molar-refractivity contribution in [3.63, 3.8) is 0 Å². The van der Waals surface area contributed by atoms with Gasteiger partial charge in [0.2, 0.25) is 0 Å². The quantitative estimate of drug-likeness (QED) is 0.180. The maximum absolute atomic E-state index is 6.47. The van der Waals surface area contributed by atoms with E-state index in [1.165, 1.54) is 49.2 Å². The summed E-state index contributed by atoms with van der Waals surface area (Å²) in [6.07, 6.45) is 1.87. The van der Waals surface area contributed by atoms with Gasteiger partial charge in [-0.15, -0.1) is 0 Å². The fraction of sp³-hybridized carbons (Fsp3) is 0. The van der Waals surface area contributed by atoms with Gasteiger partial charge in [-0.2, -0.15) is 0 Å². The smallest absolute Gasteiger partial charge is 0.135 e. The Hall–Kier alpha value is -7.89. The third kappa shape index (κ3) is 4.38. The van der Waals surface area contributed by atoms with Gasteiger partial charge < -0.3 is 18.1 Å². The molecule has 0 aliphatic carbocycles. The first kappa shape index (κ1) is 31.3. The van der Waals surface area contributed by atoms with Gasteiger partial charge in [0.1, 0.15) is 11.2 Å². The molecule has 0 amide bonds. The summed E-state index contributed by atoms with van der Waals surface area (Å²) in [5.74, 6) is 0. The molecule has 5 heteroatoms. The fourth-order valence-corrected chi connectivity index (χ4v) is 9.53. The van der Waals surface area contributed by atoms with Crippen LogP contribution in [0.5, 0.6) is 0 Å². The van der Waals surface area contributed by atoms with Crippen molar-refractivity contribution >= 4 is 87.5 Å². The number of para-hydroxylation sites is 4. The molecule has 58 heavy (non-hydrogen) atoms. The Morgan fingerprint density at radius 1 is 0.310 bits per heavy atom. The highest BCUT2D eigenvalue weighted by molar-refractivity contribution is 6.14. The Morgan fingerprint density at radius 3 is 1.55 bits per heavy atom. The Bertz CT molecular complexity index is 3750. The molecule has 5 heterocycles. The number of hydrogen-bond donors (Lipinski definition) is 0.